The van der Waals surface area contributed by atoms with E-state index < -0.39 is 0 Å². The topological polar surface area (TPSA) is 42.2 Å². The summed E-state index contributed by atoms with van der Waals surface area (Å²) >= 11 is 1.73. The Morgan fingerprint density at radius 1 is 1.25 bits per heavy atom. The van der Waals surface area contributed by atoms with E-state index in [9.17, 15) is 0 Å². The third-order valence-electron chi connectivity index (χ3n) is 3.31. The maximum Gasteiger partial charge on any atom is 0.112 e. The van der Waals surface area contributed by atoms with Crippen LogP contribution in [-0.2, 0) is 12.0 Å². The number of hydrogen-bond donors (Lipinski definition) is 1. The van der Waals surface area contributed by atoms with Crippen LogP contribution in [0.2, 0.25) is 0 Å². The standard InChI is InChI=1S/C16H23N3S/c1-5-19(13-9-7-6-8-12(13)17)10-15-18-14(11-20-15)16(2,3)4/h6-9,11H,5,10,17H2,1-4H3. The normalized spacial score (nSPS) is 11.6. The first-order chi connectivity index (χ1) is 9.41. The van der Waals surface area contributed by atoms with E-state index in [1.54, 1.807) is 11.3 Å². The quantitative estimate of drug-likeness (QED) is 0.863. The highest BCUT2D eigenvalue weighted by Crippen LogP contribution is 2.27. The highest BCUT2D eigenvalue weighted by Gasteiger charge is 2.18. The Morgan fingerprint density at radius 3 is 2.50 bits per heavy atom. The lowest BCUT2D eigenvalue weighted by Gasteiger charge is -2.23. The van der Waals surface area contributed by atoms with Crippen molar-refractivity contribution < 1.29 is 0 Å². The highest BCUT2D eigenvalue weighted by atomic mass is 32.1. The molecular weight excluding hydrogens is 266 g/mol. The summed E-state index contributed by atoms with van der Waals surface area (Å²) in [6.45, 7) is 10.4. The molecule has 2 aromatic rings. The third-order valence-corrected chi connectivity index (χ3v) is 4.14. The molecule has 1 aromatic heterocycles. The van der Waals surface area contributed by atoms with Crippen LogP contribution in [0.3, 0.4) is 0 Å². The summed E-state index contributed by atoms with van der Waals surface area (Å²) in [6, 6.07) is 8.00. The van der Waals surface area contributed by atoms with Crippen LogP contribution in [0.5, 0.6) is 0 Å². The molecule has 0 aliphatic rings. The van der Waals surface area contributed by atoms with Crippen LogP contribution in [0.4, 0.5) is 11.4 Å². The molecule has 4 heteroatoms. The van der Waals surface area contributed by atoms with Crippen LogP contribution >= 0.6 is 11.3 Å². The van der Waals surface area contributed by atoms with Crippen LogP contribution in [0, 0.1) is 0 Å². The number of hydrogen-bond acceptors (Lipinski definition) is 4. The van der Waals surface area contributed by atoms with E-state index in [0.717, 1.165) is 35.2 Å². The van der Waals surface area contributed by atoms with Gasteiger partial charge in [0.15, 0.2) is 0 Å². The molecule has 20 heavy (non-hydrogen) atoms. The van der Waals surface area contributed by atoms with E-state index in [1.165, 1.54) is 0 Å². The van der Waals surface area contributed by atoms with Gasteiger partial charge in [-0.25, -0.2) is 4.98 Å². The molecule has 0 bridgehead atoms. The number of anilines is 2. The average molecular weight is 289 g/mol. The minimum atomic E-state index is 0.109. The largest absolute Gasteiger partial charge is 0.397 e. The summed E-state index contributed by atoms with van der Waals surface area (Å²) in [6.07, 6.45) is 0. The molecule has 2 rings (SSSR count). The molecule has 0 amide bonds. The molecule has 1 aromatic carbocycles. The van der Waals surface area contributed by atoms with Gasteiger partial charge in [0, 0.05) is 17.3 Å². The molecule has 0 saturated carbocycles. The van der Waals surface area contributed by atoms with Gasteiger partial charge >= 0.3 is 0 Å². The fourth-order valence-corrected chi connectivity index (χ4v) is 3.07. The van der Waals surface area contributed by atoms with Crippen LogP contribution in [0.1, 0.15) is 38.4 Å². The Balaban J connectivity index is 2.19. The van der Waals surface area contributed by atoms with Crippen molar-refractivity contribution in [3.05, 3.63) is 40.3 Å². The van der Waals surface area contributed by atoms with Gasteiger partial charge in [-0.05, 0) is 19.1 Å². The lowest BCUT2D eigenvalue weighted by Crippen LogP contribution is -2.23. The van der Waals surface area contributed by atoms with Crippen molar-refractivity contribution in [2.75, 3.05) is 17.2 Å². The number of nitrogens with two attached hydrogens (primary N) is 1. The van der Waals surface area contributed by atoms with Crippen LogP contribution in [-0.4, -0.2) is 11.5 Å². The Hall–Kier alpha value is -1.55. The molecule has 0 fully saturated rings. The van der Waals surface area contributed by atoms with Gasteiger partial charge in [-0.15, -0.1) is 11.3 Å². The highest BCUT2D eigenvalue weighted by molar-refractivity contribution is 7.09. The van der Waals surface area contributed by atoms with Gasteiger partial charge in [0.2, 0.25) is 0 Å². The summed E-state index contributed by atoms with van der Waals surface area (Å²) in [5.41, 5.74) is 9.24. The Morgan fingerprint density at radius 2 is 1.95 bits per heavy atom. The maximum absolute atomic E-state index is 6.07. The summed E-state index contributed by atoms with van der Waals surface area (Å²) in [5.74, 6) is 0. The molecule has 1 heterocycles. The number of nitrogen functional groups attached to an aromatic ring is 1. The van der Waals surface area contributed by atoms with Crippen molar-refractivity contribution in [2.45, 2.75) is 39.7 Å². The van der Waals surface area contributed by atoms with E-state index in [2.05, 4.69) is 44.0 Å². The molecule has 0 aliphatic heterocycles. The van der Waals surface area contributed by atoms with Gasteiger partial charge in [0.05, 0.1) is 23.6 Å². The summed E-state index contributed by atoms with van der Waals surface area (Å²) in [7, 11) is 0. The van der Waals surface area contributed by atoms with Gasteiger partial charge in [-0.2, -0.15) is 0 Å². The van der Waals surface area contributed by atoms with Gasteiger partial charge in [-0.1, -0.05) is 32.9 Å². The molecule has 108 valence electrons. The second-order valence-electron chi connectivity index (χ2n) is 5.95. The molecule has 0 unspecified atom stereocenters. The zero-order valence-electron chi connectivity index (χ0n) is 12.7. The molecule has 0 atom stereocenters. The summed E-state index contributed by atoms with van der Waals surface area (Å²) in [4.78, 5) is 7.02. The average Bonchev–Trinajstić information content (AvgIpc) is 2.85. The van der Waals surface area contributed by atoms with Crippen molar-refractivity contribution >= 4 is 22.7 Å². The number of nitrogens with zero attached hydrogens (tertiary/aromatic N) is 2. The van der Waals surface area contributed by atoms with Gasteiger partial charge in [-0.3, -0.25) is 0 Å². The molecule has 2 N–H and O–H groups in total. The monoisotopic (exact) mass is 289 g/mol. The number of para-hydroxylation sites is 2. The minimum Gasteiger partial charge on any atom is -0.397 e. The van der Waals surface area contributed by atoms with Gasteiger partial charge < -0.3 is 10.6 Å². The van der Waals surface area contributed by atoms with Crippen molar-refractivity contribution in [3.63, 3.8) is 0 Å². The lowest BCUT2D eigenvalue weighted by molar-refractivity contribution is 0.570. The van der Waals surface area contributed by atoms with Gasteiger partial charge in [0.1, 0.15) is 5.01 Å². The van der Waals surface area contributed by atoms with E-state index in [-0.39, 0.29) is 5.41 Å². The van der Waals surface area contributed by atoms with E-state index in [4.69, 9.17) is 10.7 Å². The fraction of sp³-hybridized carbons (Fsp3) is 0.438. The van der Waals surface area contributed by atoms with Gasteiger partial charge in [0.25, 0.3) is 0 Å². The zero-order valence-corrected chi connectivity index (χ0v) is 13.5. The smallest absolute Gasteiger partial charge is 0.112 e. The van der Waals surface area contributed by atoms with Crippen LogP contribution in [0.15, 0.2) is 29.6 Å². The molecule has 0 radical (unpaired) electrons. The molecule has 0 saturated heterocycles. The zero-order chi connectivity index (χ0) is 14.8. The second-order valence-corrected chi connectivity index (χ2v) is 6.89. The predicted molar refractivity (Wildman–Crippen MR) is 88.4 cm³/mol. The molecule has 0 spiro atoms. The Kier molecular flexibility index (Phi) is 4.33. The first kappa shape index (κ1) is 14.9. The number of aromatic nitrogens is 1. The Bertz CT molecular complexity index is 569. The van der Waals surface area contributed by atoms with Crippen LogP contribution < -0.4 is 10.6 Å². The molecule has 0 aliphatic carbocycles. The second kappa shape index (κ2) is 5.83. The first-order valence-electron chi connectivity index (χ1n) is 6.96. The summed E-state index contributed by atoms with van der Waals surface area (Å²) in [5, 5.41) is 3.30. The predicted octanol–water partition coefficient (Wildman–Crippen LogP) is 4.05. The number of rotatable bonds is 4. The van der Waals surface area contributed by atoms with Crippen molar-refractivity contribution in [1.29, 1.82) is 0 Å². The summed E-state index contributed by atoms with van der Waals surface area (Å²) < 4.78 is 0. The minimum absolute atomic E-state index is 0.109. The number of benzene rings is 1. The fourth-order valence-electron chi connectivity index (χ4n) is 2.03. The third kappa shape index (κ3) is 3.31. The Labute approximate surface area is 125 Å². The first-order valence-corrected chi connectivity index (χ1v) is 7.84. The van der Waals surface area contributed by atoms with E-state index >= 15 is 0 Å². The number of thiazole rings is 1. The molecular formula is C16H23N3S. The maximum atomic E-state index is 6.07. The van der Waals surface area contributed by atoms with Crippen molar-refractivity contribution in [2.24, 2.45) is 0 Å². The lowest BCUT2D eigenvalue weighted by atomic mass is 9.93. The van der Waals surface area contributed by atoms with Crippen molar-refractivity contribution in [3.8, 4) is 0 Å². The van der Waals surface area contributed by atoms with Crippen LogP contribution in [0.25, 0.3) is 0 Å². The van der Waals surface area contributed by atoms with E-state index in [1.807, 2.05) is 18.2 Å². The van der Waals surface area contributed by atoms with Crippen molar-refractivity contribution in [1.82, 2.24) is 4.98 Å². The molecule has 3 nitrogen and oxygen atoms in total. The SMILES string of the molecule is CCN(Cc1nc(C(C)(C)C)cs1)c1ccccc1N. The van der Waals surface area contributed by atoms with E-state index in [0.29, 0.717) is 0 Å².